The van der Waals surface area contributed by atoms with E-state index in [0.717, 1.165) is 19.4 Å². The molecule has 0 aromatic rings. The molecule has 4 nitrogen and oxygen atoms in total. The van der Waals surface area contributed by atoms with Crippen LogP contribution >= 0.6 is 0 Å². The van der Waals surface area contributed by atoms with Gasteiger partial charge in [0.15, 0.2) is 0 Å². The Bertz CT molecular complexity index is 238. The average Bonchev–Trinajstić information content (AvgIpc) is 2.83. The minimum absolute atomic E-state index is 0.0428. The lowest BCUT2D eigenvalue weighted by atomic mass is 10.2. The van der Waals surface area contributed by atoms with Gasteiger partial charge in [0.1, 0.15) is 6.17 Å². The molecule has 2 rings (SSSR count). The van der Waals surface area contributed by atoms with E-state index >= 15 is 0 Å². The molecule has 0 aromatic carbocycles. The molecule has 2 fully saturated rings. The second-order valence-corrected chi connectivity index (χ2v) is 4.18. The Labute approximate surface area is 83.6 Å². The Morgan fingerprint density at radius 1 is 1.43 bits per heavy atom. The molecule has 1 aliphatic heterocycles. The van der Waals surface area contributed by atoms with Crippen LogP contribution in [-0.2, 0) is 9.59 Å². The van der Waals surface area contributed by atoms with Gasteiger partial charge in [0.05, 0.1) is 0 Å². The zero-order chi connectivity index (χ0) is 9.97. The molecule has 2 aliphatic rings. The summed E-state index contributed by atoms with van der Waals surface area (Å²) in [6.07, 6.45) is 5.62. The maximum atomic E-state index is 11.8. The number of hydrogen-bond donors (Lipinski definition) is 1. The summed E-state index contributed by atoms with van der Waals surface area (Å²) in [7, 11) is 0. The Balaban J connectivity index is 1.86. The summed E-state index contributed by atoms with van der Waals surface area (Å²) in [6, 6.07) is 0. The SMILES string of the molecule is O=CNC1CCCN1C(=O)CC1CC1. The van der Waals surface area contributed by atoms with E-state index in [0.29, 0.717) is 18.7 Å². The fourth-order valence-electron chi connectivity index (χ4n) is 2.00. The summed E-state index contributed by atoms with van der Waals surface area (Å²) >= 11 is 0. The number of rotatable bonds is 4. The highest BCUT2D eigenvalue weighted by molar-refractivity contribution is 5.77. The van der Waals surface area contributed by atoms with E-state index in [1.165, 1.54) is 12.8 Å². The second-order valence-electron chi connectivity index (χ2n) is 4.18. The highest BCUT2D eigenvalue weighted by Crippen LogP contribution is 2.33. The Kier molecular flexibility index (Phi) is 2.70. The van der Waals surface area contributed by atoms with Gasteiger partial charge in [-0.05, 0) is 31.6 Å². The number of amides is 2. The van der Waals surface area contributed by atoms with Crippen LogP contribution in [0.15, 0.2) is 0 Å². The zero-order valence-corrected chi connectivity index (χ0v) is 8.24. The van der Waals surface area contributed by atoms with Crippen molar-refractivity contribution in [3.8, 4) is 0 Å². The van der Waals surface area contributed by atoms with Crippen LogP contribution in [0, 0.1) is 5.92 Å². The maximum Gasteiger partial charge on any atom is 0.224 e. The summed E-state index contributed by atoms with van der Waals surface area (Å²) in [4.78, 5) is 23.9. The molecule has 1 unspecified atom stereocenters. The van der Waals surface area contributed by atoms with Gasteiger partial charge in [-0.1, -0.05) is 0 Å². The summed E-state index contributed by atoms with van der Waals surface area (Å²) in [5.41, 5.74) is 0. The van der Waals surface area contributed by atoms with Crippen LogP contribution in [-0.4, -0.2) is 29.9 Å². The highest BCUT2D eigenvalue weighted by atomic mass is 16.2. The predicted octanol–water partition coefficient (Wildman–Crippen LogP) is 0.481. The van der Waals surface area contributed by atoms with E-state index in [1.807, 2.05) is 4.90 Å². The van der Waals surface area contributed by atoms with Crippen molar-refractivity contribution in [1.82, 2.24) is 10.2 Å². The minimum Gasteiger partial charge on any atom is -0.338 e. The zero-order valence-electron chi connectivity index (χ0n) is 8.24. The fraction of sp³-hybridized carbons (Fsp3) is 0.800. The van der Waals surface area contributed by atoms with Crippen molar-refractivity contribution in [3.63, 3.8) is 0 Å². The van der Waals surface area contributed by atoms with E-state index in [-0.39, 0.29) is 12.1 Å². The third-order valence-corrected chi connectivity index (χ3v) is 2.99. The lowest BCUT2D eigenvalue weighted by molar-refractivity contribution is -0.133. The molecule has 0 spiro atoms. The van der Waals surface area contributed by atoms with E-state index in [9.17, 15) is 9.59 Å². The summed E-state index contributed by atoms with van der Waals surface area (Å²) in [5.74, 6) is 0.837. The molecule has 0 radical (unpaired) electrons. The van der Waals surface area contributed by atoms with Crippen molar-refractivity contribution in [3.05, 3.63) is 0 Å². The van der Waals surface area contributed by atoms with Gasteiger partial charge in [0, 0.05) is 13.0 Å². The van der Waals surface area contributed by atoms with E-state index < -0.39 is 0 Å². The van der Waals surface area contributed by atoms with E-state index in [4.69, 9.17) is 0 Å². The largest absolute Gasteiger partial charge is 0.338 e. The predicted molar refractivity (Wildman–Crippen MR) is 51.3 cm³/mol. The number of nitrogens with zero attached hydrogens (tertiary/aromatic N) is 1. The molecule has 1 atom stereocenters. The molecule has 1 saturated heterocycles. The number of carbonyl (C=O) groups is 2. The first-order valence-corrected chi connectivity index (χ1v) is 5.30. The number of likely N-dealkylation sites (tertiary alicyclic amines) is 1. The number of carbonyl (C=O) groups excluding carboxylic acids is 2. The second kappa shape index (κ2) is 3.98. The third-order valence-electron chi connectivity index (χ3n) is 2.99. The van der Waals surface area contributed by atoms with Crippen LogP contribution in [0.5, 0.6) is 0 Å². The summed E-state index contributed by atoms with van der Waals surface area (Å²) in [6.45, 7) is 0.803. The first-order valence-electron chi connectivity index (χ1n) is 5.30. The van der Waals surface area contributed by atoms with Crippen LogP contribution in [0.25, 0.3) is 0 Å². The van der Waals surface area contributed by atoms with Gasteiger partial charge in [-0.15, -0.1) is 0 Å². The standard InChI is InChI=1S/C10H16N2O2/c13-7-11-9-2-1-5-12(9)10(14)6-8-3-4-8/h7-9H,1-6H2,(H,11,13). The first kappa shape index (κ1) is 9.49. The highest BCUT2D eigenvalue weighted by Gasteiger charge is 2.32. The normalized spacial score (nSPS) is 26.3. The molecule has 14 heavy (non-hydrogen) atoms. The van der Waals surface area contributed by atoms with Crippen molar-refractivity contribution in [2.75, 3.05) is 6.54 Å². The summed E-state index contributed by atoms with van der Waals surface area (Å²) < 4.78 is 0. The molecule has 1 heterocycles. The van der Waals surface area contributed by atoms with Crippen molar-refractivity contribution in [2.24, 2.45) is 5.92 Å². The Morgan fingerprint density at radius 2 is 2.21 bits per heavy atom. The van der Waals surface area contributed by atoms with Gasteiger partial charge in [-0.3, -0.25) is 9.59 Å². The van der Waals surface area contributed by atoms with Crippen LogP contribution in [0.2, 0.25) is 0 Å². The quantitative estimate of drug-likeness (QED) is 0.665. The Morgan fingerprint density at radius 3 is 2.86 bits per heavy atom. The molecule has 1 saturated carbocycles. The average molecular weight is 196 g/mol. The van der Waals surface area contributed by atoms with Crippen molar-refractivity contribution >= 4 is 12.3 Å². The van der Waals surface area contributed by atoms with Crippen molar-refractivity contribution in [1.29, 1.82) is 0 Å². The molecule has 0 bridgehead atoms. The lowest BCUT2D eigenvalue weighted by Gasteiger charge is -2.23. The lowest BCUT2D eigenvalue weighted by Crippen LogP contribution is -2.44. The van der Waals surface area contributed by atoms with Gasteiger partial charge in [0.2, 0.25) is 12.3 Å². The van der Waals surface area contributed by atoms with Crippen molar-refractivity contribution in [2.45, 2.75) is 38.3 Å². The smallest absolute Gasteiger partial charge is 0.224 e. The molecule has 2 amide bonds. The third kappa shape index (κ3) is 2.05. The first-order chi connectivity index (χ1) is 6.81. The summed E-state index contributed by atoms with van der Waals surface area (Å²) in [5, 5.41) is 2.69. The van der Waals surface area contributed by atoms with Gasteiger partial charge in [0.25, 0.3) is 0 Å². The molecular weight excluding hydrogens is 180 g/mol. The van der Waals surface area contributed by atoms with E-state index in [2.05, 4.69) is 5.32 Å². The van der Waals surface area contributed by atoms with Gasteiger partial charge in [-0.2, -0.15) is 0 Å². The fourth-order valence-corrected chi connectivity index (χ4v) is 2.00. The molecule has 1 N–H and O–H groups in total. The Hall–Kier alpha value is -1.06. The topological polar surface area (TPSA) is 49.4 Å². The van der Waals surface area contributed by atoms with Crippen LogP contribution in [0.4, 0.5) is 0 Å². The molecule has 1 aliphatic carbocycles. The number of hydrogen-bond acceptors (Lipinski definition) is 2. The minimum atomic E-state index is -0.0428. The van der Waals surface area contributed by atoms with Gasteiger partial charge >= 0.3 is 0 Å². The molecule has 4 heteroatoms. The number of nitrogens with one attached hydrogen (secondary N) is 1. The van der Waals surface area contributed by atoms with Gasteiger partial charge in [-0.25, -0.2) is 0 Å². The van der Waals surface area contributed by atoms with Crippen LogP contribution < -0.4 is 5.32 Å². The van der Waals surface area contributed by atoms with Crippen LogP contribution in [0.1, 0.15) is 32.1 Å². The molecule has 0 aromatic heterocycles. The van der Waals surface area contributed by atoms with Gasteiger partial charge < -0.3 is 10.2 Å². The molecule has 78 valence electrons. The maximum absolute atomic E-state index is 11.8. The van der Waals surface area contributed by atoms with Crippen LogP contribution in [0.3, 0.4) is 0 Å². The molecular formula is C10H16N2O2. The monoisotopic (exact) mass is 196 g/mol. The van der Waals surface area contributed by atoms with E-state index in [1.54, 1.807) is 0 Å². The van der Waals surface area contributed by atoms with Crippen molar-refractivity contribution < 1.29 is 9.59 Å².